The summed E-state index contributed by atoms with van der Waals surface area (Å²) >= 11 is 3.39. The molecule has 0 fully saturated rings. The van der Waals surface area contributed by atoms with Crippen LogP contribution in [0.5, 0.6) is 0 Å². The molecule has 0 N–H and O–H groups in total. The summed E-state index contributed by atoms with van der Waals surface area (Å²) in [6.07, 6.45) is 2.08. The second-order valence-corrected chi connectivity index (χ2v) is 5.02. The number of halogens is 1. The first-order valence-electron chi connectivity index (χ1n) is 6.01. The Kier molecular flexibility index (Phi) is 6.80. The van der Waals surface area contributed by atoms with Crippen molar-refractivity contribution in [2.45, 2.75) is 13.3 Å². The number of aryl methyl sites for hydroxylation is 1. The van der Waals surface area contributed by atoms with E-state index in [0.29, 0.717) is 26.1 Å². The van der Waals surface area contributed by atoms with Gasteiger partial charge in [0, 0.05) is 30.9 Å². The molecule has 0 unspecified atom stereocenters. The Hall–Kier alpha value is -1.14. The summed E-state index contributed by atoms with van der Waals surface area (Å²) in [7, 11) is 3.05. The number of nitrogens with zero attached hydrogens (tertiary/aromatic N) is 2. The lowest BCUT2D eigenvalue weighted by molar-refractivity contribution is -0.140. The van der Waals surface area contributed by atoms with Crippen molar-refractivity contribution < 1.29 is 14.3 Å². The number of hydrogen-bond donors (Lipinski definition) is 0. The molecule has 1 rings (SSSR count). The topological polar surface area (TPSA) is 51.7 Å². The van der Waals surface area contributed by atoms with Crippen molar-refractivity contribution >= 4 is 27.7 Å². The standard InChI is InChI=1S/C13H19BrN2O3/c1-10-8-11(14)9-15-13(10)16(6-7-18-2)5-4-12(17)19-3/h8-9H,4-7H2,1-3H3. The quantitative estimate of drug-likeness (QED) is 0.717. The van der Waals surface area contributed by atoms with Gasteiger partial charge in [-0.1, -0.05) is 0 Å². The summed E-state index contributed by atoms with van der Waals surface area (Å²) in [5.41, 5.74) is 1.05. The van der Waals surface area contributed by atoms with E-state index in [2.05, 4.69) is 25.7 Å². The van der Waals surface area contributed by atoms with E-state index in [1.165, 1.54) is 7.11 Å². The van der Waals surface area contributed by atoms with Crippen molar-refractivity contribution in [3.63, 3.8) is 0 Å². The Morgan fingerprint density at radius 3 is 2.74 bits per heavy atom. The minimum Gasteiger partial charge on any atom is -0.469 e. The maximum absolute atomic E-state index is 11.3. The van der Waals surface area contributed by atoms with Crippen LogP contribution in [0, 0.1) is 6.92 Å². The summed E-state index contributed by atoms with van der Waals surface area (Å²) in [6.45, 7) is 3.82. The molecular formula is C13H19BrN2O3. The van der Waals surface area contributed by atoms with E-state index in [-0.39, 0.29) is 5.97 Å². The van der Waals surface area contributed by atoms with E-state index in [1.54, 1.807) is 13.3 Å². The summed E-state index contributed by atoms with van der Waals surface area (Å²) in [5.74, 6) is 0.640. The van der Waals surface area contributed by atoms with Gasteiger partial charge in [-0.2, -0.15) is 0 Å². The number of ether oxygens (including phenoxy) is 2. The molecule has 0 aromatic carbocycles. The molecule has 0 aliphatic carbocycles. The second kappa shape index (κ2) is 8.12. The van der Waals surface area contributed by atoms with Crippen LogP contribution in [0.4, 0.5) is 5.82 Å². The molecule has 0 aliphatic rings. The molecule has 1 aromatic rings. The third-order valence-electron chi connectivity index (χ3n) is 2.70. The highest BCUT2D eigenvalue weighted by atomic mass is 79.9. The SMILES string of the molecule is COCCN(CCC(=O)OC)c1ncc(Br)cc1C. The zero-order valence-electron chi connectivity index (χ0n) is 11.5. The van der Waals surface area contributed by atoms with Gasteiger partial charge < -0.3 is 14.4 Å². The maximum atomic E-state index is 11.3. The highest BCUT2D eigenvalue weighted by Gasteiger charge is 2.13. The molecule has 5 nitrogen and oxygen atoms in total. The van der Waals surface area contributed by atoms with Gasteiger partial charge in [-0.25, -0.2) is 4.98 Å². The van der Waals surface area contributed by atoms with Crippen LogP contribution >= 0.6 is 15.9 Å². The van der Waals surface area contributed by atoms with Crippen molar-refractivity contribution in [2.75, 3.05) is 38.8 Å². The Bertz CT molecular complexity index is 426. The number of anilines is 1. The van der Waals surface area contributed by atoms with Crippen LogP contribution < -0.4 is 4.90 Å². The van der Waals surface area contributed by atoms with Gasteiger partial charge in [-0.15, -0.1) is 0 Å². The number of methoxy groups -OCH3 is 2. The summed E-state index contributed by atoms with van der Waals surface area (Å²) < 4.78 is 10.7. The van der Waals surface area contributed by atoms with E-state index in [4.69, 9.17) is 4.74 Å². The lowest BCUT2D eigenvalue weighted by Gasteiger charge is -2.24. The minimum atomic E-state index is -0.225. The van der Waals surface area contributed by atoms with E-state index in [0.717, 1.165) is 15.9 Å². The first-order valence-corrected chi connectivity index (χ1v) is 6.80. The molecule has 0 saturated carbocycles. The molecule has 0 saturated heterocycles. The van der Waals surface area contributed by atoms with Gasteiger partial charge in [0.1, 0.15) is 5.82 Å². The van der Waals surface area contributed by atoms with E-state index >= 15 is 0 Å². The maximum Gasteiger partial charge on any atom is 0.307 e. The highest BCUT2D eigenvalue weighted by molar-refractivity contribution is 9.10. The number of pyridine rings is 1. The van der Waals surface area contributed by atoms with Crippen molar-refractivity contribution in [2.24, 2.45) is 0 Å². The smallest absolute Gasteiger partial charge is 0.307 e. The molecular weight excluding hydrogens is 312 g/mol. The Labute approximate surface area is 122 Å². The fraction of sp³-hybridized carbons (Fsp3) is 0.538. The monoisotopic (exact) mass is 330 g/mol. The number of carbonyl (C=O) groups is 1. The highest BCUT2D eigenvalue weighted by Crippen LogP contribution is 2.20. The van der Waals surface area contributed by atoms with Gasteiger partial charge in [0.05, 0.1) is 20.1 Å². The van der Waals surface area contributed by atoms with Gasteiger partial charge in [0.2, 0.25) is 0 Å². The van der Waals surface area contributed by atoms with E-state index in [9.17, 15) is 4.79 Å². The Morgan fingerprint density at radius 1 is 1.42 bits per heavy atom. The number of hydrogen-bond acceptors (Lipinski definition) is 5. The zero-order chi connectivity index (χ0) is 14.3. The molecule has 1 aromatic heterocycles. The predicted molar refractivity (Wildman–Crippen MR) is 77.4 cm³/mol. The van der Waals surface area contributed by atoms with Crippen LogP contribution in [-0.2, 0) is 14.3 Å². The molecule has 0 bridgehead atoms. The molecule has 0 aliphatic heterocycles. The van der Waals surface area contributed by atoms with Crippen LogP contribution in [0.3, 0.4) is 0 Å². The van der Waals surface area contributed by atoms with Crippen molar-refractivity contribution in [3.8, 4) is 0 Å². The normalized spacial score (nSPS) is 10.3. The van der Waals surface area contributed by atoms with Crippen LogP contribution in [0.1, 0.15) is 12.0 Å². The number of aromatic nitrogens is 1. The average Bonchev–Trinajstić information content (AvgIpc) is 2.39. The minimum absolute atomic E-state index is 0.225. The molecule has 0 amide bonds. The molecule has 0 atom stereocenters. The fourth-order valence-corrected chi connectivity index (χ4v) is 2.16. The third-order valence-corrected chi connectivity index (χ3v) is 3.13. The van der Waals surface area contributed by atoms with Crippen LogP contribution in [0.25, 0.3) is 0 Å². The molecule has 0 spiro atoms. The second-order valence-electron chi connectivity index (χ2n) is 4.10. The number of carbonyl (C=O) groups excluding carboxylic acids is 1. The largest absolute Gasteiger partial charge is 0.469 e. The molecule has 0 radical (unpaired) electrons. The molecule has 106 valence electrons. The summed E-state index contributed by atoms with van der Waals surface area (Å²) in [5, 5.41) is 0. The Morgan fingerprint density at radius 2 is 2.16 bits per heavy atom. The molecule has 1 heterocycles. The predicted octanol–water partition coefficient (Wildman–Crippen LogP) is 2.17. The van der Waals surface area contributed by atoms with E-state index in [1.807, 2.05) is 17.9 Å². The van der Waals surface area contributed by atoms with Crippen LogP contribution in [-0.4, -0.2) is 44.9 Å². The van der Waals surface area contributed by atoms with Gasteiger partial charge in [-0.3, -0.25) is 4.79 Å². The zero-order valence-corrected chi connectivity index (χ0v) is 13.1. The van der Waals surface area contributed by atoms with Crippen molar-refractivity contribution in [3.05, 3.63) is 22.3 Å². The van der Waals surface area contributed by atoms with Crippen molar-refractivity contribution in [1.29, 1.82) is 0 Å². The summed E-state index contributed by atoms with van der Waals surface area (Å²) in [6, 6.07) is 2.00. The fourth-order valence-electron chi connectivity index (χ4n) is 1.72. The lowest BCUT2D eigenvalue weighted by atomic mass is 10.2. The third kappa shape index (κ3) is 5.16. The Balaban J connectivity index is 2.79. The van der Waals surface area contributed by atoms with Gasteiger partial charge >= 0.3 is 5.97 Å². The lowest BCUT2D eigenvalue weighted by Crippen LogP contribution is -2.31. The first kappa shape index (κ1) is 15.9. The first-order chi connectivity index (χ1) is 9.08. The van der Waals surface area contributed by atoms with Gasteiger partial charge in [0.25, 0.3) is 0 Å². The van der Waals surface area contributed by atoms with E-state index < -0.39 is 0 Å². The average molecular weight is 331 g/mol. The molecule has 6 heteroatoms. The number of esters is 1. The van der Waals surface area contributed by atoms with Gasteiger partial charge in [0.15, 0.2) is 0 Å². The molecule has 19 heavy (non-hydrogen) atoms. The van der Waals surface area contributed by atoms with Crippen LogP contribution in [0.15, 0.2) is 16.7 Å². The summed E-state index contributed by atoms with van der Waals surface area (Å²) in [4.78, 5) is 17.7. The van der Waals surface area contributed by atoms with Gasteiger partial charge in [-0.05, 0) is 34.5 Å². The van der Waals surface area contributed by atoms with Crippen molar-refractivity contribution in [1.82, 2.24) is 4.98 Å². The van der Waals surface area contributed by atoms with Crippen LogP contribution in [0.2, 0.25) is 0 Å². The number of rotatable bonds is 7.